The molecule has 0 radical (unpaired) electrons. The van der Waals surface area contributed by atoms with E-state index in [0.717, 1.165) is 24.5 Å². The zero-order valence-corrected chi connectivity index (χ0v) is 14.1. The van der Waals surface area contributed by atoms with E-state index in [1.807, 2.05) is 6.92 Å². The maximum atomic E-state index is 11.5. The second-order valence-corrected chi connectivity index (χ2v) is 7.07. The number of primary amides is 1. The Labute approximate surface area is 138 Å². The Morgan fingerprint density at radius 3 is 2.65 bits per heavy atom. The molecule has 1 aromatic heterocycles. The summed E-state index contributed by atoms with van der Waals surface area (Å²) in [6.07, 6.45) is 11.0. The van der Waals surface area contributed by atoms with Crippen molar-refractivity contribution < 1.29 is 4.79 Å². The number of amides is 1. The van der Waals surface area contributed by atoms with Gasteiger partial charge >= 0.3 is 0 Å². The zero-order chi connectivity index (χ0) is 16.2. The van der Waals surface area contributed by atoms with Gasteiger partial charge in [0.15, 0.2) is 0 Å². The fourth-order valence-corrected chi connectivity index (χ4v) is 4.10. The van der Waals surface area contributed by atoms with Crippen molar-refractivity contribution in [3.8, 4) is 0 Å². The van der Waals surface area contributed by atoms with Gasteiger partial charge in [-0.3, -0.25) is 4.79 Å². The van der Waals surface area contributed by atoms with Crippen molar-refractivity contribution in [2.75, 3.05) is 5.32 Å². The van der Waals surface area contributed by atoms with Crippen molar-refractivity contribution in [2.24, 2.45) is 11.7 Å². The zero-order valence-electron chi connectivity index (χ0n) is 14.1. The number of carbonyl (C=O) groups excluding carboxylic acids is 1. The number of aryl methyl sites for hydroxylation is 2. The minimum absolute atomic E-state index is 0.105. The molecule has 0 saturated heterocycles. The molecule has 1 heterocycles. The largest absolute Gasteiger partial charge is 0.370 e. The average molecular weight is 316 g/mol. The van der Waals surface area contributed by atoms with Crippen LogP contribution < -0.4 is 11.1 Å². The van der Waals surface area contributed by atoms with Gasteiger partial charge in [-0.15, -0.1) is 0 Å². The molecule has 0 aromatic carbocycles. The van der Waals surface area contributed by atoms with Crippen molar-refractivity contribution in [1.82, 2.24) is 9.97 Å². The number of nitrogens with one attached hydrogen (secondary N) is 1. The first-order valence-electron chi connectivity index (χ1n) is 9.04. The van der Waals surface area contributed by atoms with E-state index in [4.69, 9.17) is 5.73 Å². The molecule has 2 aliphatic rings. The van der Waals surface area contributed by atoms with Gasteiger partial charge in [0.1, 0.15) is 11.6 Å². The van der Waals surface area contributed by atoms with Gasteiger partial charge in [0.05, 0.1) is 0 Å². The summed E-state index contributed by atoms with van der Waals surface area (Å²) in [5.41, 5.74) is 7.95. The number of carbonyl (C=O) groups is 1. The molecule has 0 bridgehead atoms. The van der Waals surface area contributed by atoms with Crippen LogP contribution in [0.25, 0.3) is 0 Å². The molecule has 2 aliphatic carbocycles. The minimum atomic E-state index is -0.229. The molecule has 5 nitrogen and oxygen atoms in total. The molecule has 3 rings (SSSR count). The maximum Gasteiger partial charge on any atom is 0.219 e. The lowest BCUT2D eigenvalue weighted by atomic mass is 9.82. The van der Waals surface area contributed by atoms with E-state index < -0.39 is 0 Å². The molecule has 1 saturated carbocycles. The Hall–Kier alpha value is -1.65. The third-order valence-electron chi connectivity index (χ3n) is 5.26. The molecule has 23 heavy (non-hydrogen) atoms. The summed E-state index contributed by atoms with van der Waals surface area (Å²) in [5, 5.41) is 3.60. The molecule has 0 spiro atoms. The summed E-state index contributed by atoms with van der Waals surface area (Å²) >= 11 is 0. The van der Waals surface area contributed by atoms with E-state index in [-0.39, 0.29) is 11.9 Å². The van der Waals surface area contributed by atoms with Crippen molar-refractivity contribution in [3.05, 3.63) is 17.1 Å². The lowest BCUT2D eigenvalue weighted by molar-refractivity contribution is -0.118. The number of aromatic nitrogens is 2. The van der Waals surface area contributed by atoms with Crippen LogP contribution in [0.3, 0.4) is 0 Å². The van der Waals surface area contributed by atoms with Crippen LogP contribution in [-0.2, 0) is 17.6 Å². The Morgan fingerprint density at radius 2 is 1.91 bits per heavy atom. The monoisotopic (exact) mass is 316 g/mol. The molecule has 1 fully saturated rings. The van der Waals surface area contributed by atoms with Crippen LogP contribution >= 0.6 is 0 Å². The fourth-order valence-electron chi connectivity index (χ4n) is 4.10. The van der Waals surface area contributed by atoms with Crippen LogP contribution in [0.1, 0.15) is 68.4 Å². The van der Waals surface area contributed by atoms with Gasteiger partial charge in [-0.2, -0.15) is 0 Å². The lowest BCUT2D eigenvalue weighted by Gasteiger charge is -2.32. The fraction of sp³-hybridized carbons (Fsp3) is 0.722. The predicted molar refractivity (Wildman–Crippen MR) is 91.2 cm³/mol. The molecule has 126 valence electrons. The first kappa shape index (κ1) is 16.2. The van der Waals surface area contributed by atoms with Crippen LogP contribution in [0.15, 0.2) is 0 Å². The van der Waals surface area contributed by atoms with Crippen LogP contribution in [0.2, 0.25) is 0 Å². The molecular weight excluding hydrogens is 288 g/mol. The van der Waals surface area contributed by atoms with Gasteiger partial charge in [0.2, 0.25) is 5.91 Å². The van der Waals surface area contributed by atoms with E-state index in [9.17, 15) is 4.79 Å². The second kappa shape index (κ2) is 7.28. The molecule has 1 amide bonds. The summed E-state index contributed by atoms with van der Waals surface area (Å²) < 4.78 is 0. The highest BCUT2D eigenvalue weighted by atomic mass is 16.1. The summed E-state index contributed by atoms with van der Waals surface area (Å²) in [4.78, 5) is 20.8. The van der Waals surface area contributed by atoms with Crippen LogP contribution in [-0.4, -0.2) is 21.9 Å². The van der Waals surface area contributed by atoms with E-state index >= 15 is 0 Å². The molecule has 0 aliphatic heterocycles. The average Bonchev–Trinajstić information content (AvgIpc) is 2.54. The van der Waals surface area contributed by atoms with Gasteiger partial charge in [-0.1, -0.05) is 19.3 Å². The molecular formula is C18H28N4O. The van der Waals surface area contributed by atoms with Crippen molar-refractivity contribution in [1.29, 1.82) is 0 Å². The number of rotatable bonds is 5. The summed E-state index contributed by atoms with van der Waals surface area (Å²) in [6.45, 7) is 1.95. The van der Waals surface area contributed by atoms with Gasteiger partial charge in [0, 0.05) is 23.7 Å². The van der Waals surface area contributed by atoms with E-state index in [0.29, 0.717) is 12.3 Å². The highest BCUT2D eigenvalue weighted by Gasteiger charge is 2.27. The quantitative estimate of drug-likeness (QED) is 0.875. The Kier molecular flexibility index (Phi) is 5.13. The molecule has 5 heteroatoms. The lowest BCUT2D eigenvalue weighted by Crippen LogP contribution is -2.36. The van der Waals surface area contributed by atoms with E-state index in [1.165, 1.54) is 56.2 Å². The Bertz CT molecular complexity index is 566. The normalized spacial score (nSPS) is 19.9. The van der Waals surface area contributed by atoms with Crippen LogP contribution in [0.4, 0.5) is 5.82 Å². The molecule has 1 aromatic rings. The van der Waals surface area contributed by atoms with Crippen LogP contribution in [0.5, 0.6) is 0 Å². The predicted octanol–water partition coefficient (Wildman–Crippen LogP) is 2.90. The summed E-state index contributed by atoms with van der Waals surface area (Å²) in [5.74, 6) is 2.05. The van der Waals surface area contributed by atoms with Gasteiger partial charge in [-0.05, 0) is 51.4 Å². The molecule has 1 atom stereocenters. The number of hydrogen-bond donors (Lipinski definition) is 2. The Balaban J connectivity index is 1.84. The topological polar surface area (TPSA) is 80.9 Å². The number of anilines is 1. The van der Waals surface area contributed by atoms with E-state index in [2.05, 4.69) is 15.3 Å². The number of fused-ring (bicyclic) bond motifs is 1. The first-order valence-corrected chi connectivity index (χ1v) is 9.04. The van der Waals surface area contributed by atoms with Crippen molar-refractivity contribution in [3.63, 3.8) is 0 Å². The third kappa shape index (κ3) is 4.01. The number of hydrogen-bond acceptors (Lipinski definition) is 4. The highest BCUT2D eigenvalue weighted by molar-refractivity contribution is 5.75. The maximum absolute atomic E-state index is 11.5. The number of nitrogens with zero attached hydrogens (tertiary/aromatic N) is 2. The summed E-state index contributed by atoms with van der Waals surface area (Å²) in [6, 6.07) is 0.105. The van der Waals surface area contributed by atoms with Gasteiger partial charge in [-0.25, -0.2) is 9.97 Å². The van der Waals surface area contributed by atoms with Crippen LogP contribution in [0, 0.1) is 12.8 Å². The second-order valence-electron chi connectivity index (χ2n) is 7.07. The minimum Gasteiger partial charge on any atom is -0.370 e. The Morgan fingerprint density at radius 1 is 1.17 bits per heavy atom. The summed E-state index contributed by atoms with van der Waals surface area (Å²) in [7, 11) is 0. The molecule has 3 N–H and O–H groups in total. The number of nitrogens with two attached hydrogens (primary N) is 1. The standard InChI is InChI=1S/C18H28N4O/c1-12-20-15-10-6-5-9-14(15)18(21-12)22-16(11-17(19)23)13-7-3-2-4-8-13/h13,16H,2-11H2,1H3,(H2,19,23)(H,20,21,22). The third-order valence-corrected chi connectivity index (χ3v) is 5.26. The highest BCUT2D eigenvalue weighted by Crippen LogP contribution is 2.32. The van der Waals surface area contributed by atoms with Crippen molar-refractivity contribution >= 4 is 11.7 Å². The SMILES string of the molecule is Cc1nc2c(c(NC(CC(N)=O)C3CCCCC3)n1)CCCC2. The first-order chi connectivity index (χ1) is 11.1. The van der Waals surface area contributed by atoms with Crippen molar-refractivity contribution in [2.45, 2.75) is 77.2 Å². The van der Waals surface area contributed by atoms with Gasteiger partial charge in [0.25, 0.3) is 0 Å². The van der Waals surface area contributed by atoms with Gasteiger partial charge < -0.3 is 11.1 Å². The smallest absolute Gasteiger partial charge is 0.219 e. The van der Waals surface area contributed by atoms with E-state index in [1.54, 1.807) is 0 Å². The molecule has 1 unspecified atom stereocenters.